The maximum absolute atomic E-state index is 14.0. The molecule has 0 unspecified atom stereocenters. The second-order valence-electron chi connectivity index (χ2n) is 3.94. The quantitative estimate of drug-likeness (QED) is 0.386. The van der Waals surface area contributed by atoms with Gasteiger partial charge in [-0.1, -0.05) is 30.3 Å². The Balaban J connectivity index is 2.30. The lowest BCUT2D eigenvalue weighted by atomic mass is 10.1. The predicted octanol–water partition coefficient (Wildman–Crippen LogP) is 2.84. The highest BCUT2D eigenvalue weighted by atomic mass is 19.1. The van der Waals surface area contributed by atoms with Gasteiger partial charge in [-0.25, -0.2) is 4.39 Å². The van der Waals surface area contributed by atoms with Crippen molar-refractivity contribution in [3.05, 3.63) is 59.4 Å². The fourth-order valence-electron chi connectivity index (χ4n) is 1.66. The van der Waals surface area contributed by atoms with Gasteiger partial charge in [-0.2, -0.15) is 0 Å². The Labute approximate surface area is 110 Å². The van der Waals surface area contributed by atoms with Crippen molar-refractivity contribution >= 4 is 23.4 Å². The highest BCUT2D eigenvalue weighted by Gasteiger charge is 2.11. The summed E-state index contributed by atoms with van der Waals surface area (Å²) >= 11 is 0. The molecule has 5 N–H and O–H groups in total. The monoisotopic (exact) mass is 256 g/mol. The first-order valence-corrected chi connectivity index (χ1v) is 5.63. The van der Waals surface area contributed by atoms with E-state index in [9.17, 15) is 4.39 Å². The molecule has 0 fully saturated rings. The topological polar surface area (TPSA) is 85.8 Å². The fraction of sp³-hybridized carbons (Fsp3) is 0. The van der Waals surface area contributed by atoms with Crippen molar-refractivity contribution < 1.29 is 4.39 Å². The second-order valence-corrected chi connectivity index (χ2v) is 3.94. The zero-order valence-electron chi connectivity index (χ0n) is 10.1. The van der Waals surface area contributed by atoms with E-state index in [0.29, 0.717) is 5.56 Å². The molecule has 2 aromatic carbocycles. The summed E-state index contributed by atoms with van der Waals surface area (Å²) < 4.78 is 14.0. The summed E-state index contributed by atoms with van der Waals surface area (Å²) in [5.41, 5.74) is 6.56. The van der Waals surface area contributed by atoms with Gasteiger partial charge >= 0.3 is 0 Å². The largest absolute Gasteiger partial charge is 0.398 e. The Kier molecular flexibility index (Phi) is 3.56. The van der Waals surface area contributed by atoms with Crippen LogP contribution in [0.5, 0.6) is 0 Å². The van der Waals surface area contributed by atoms with Crippen LogP contribution in [-0.2, 0) is 0 Å². The first-order valence-electron chi connectivity index (χ1n) is 5.63. The molecule has 0 saturated carbocycles. The number of nitrogen functional groups attached to an aromatic ring is 1. The van der Waals surface area contributed by atoms with E-state index in [-0.39, 0.29) is 22.8 Å². The first kappa shape index (κ1) is 12.8. The molecule has 2 aromatic rings. The minimum atomic E-state index is -0.629. The summed E-state index contributed by atoms with van der Waals surface area (Å²) in [4.78, 5) is 0. The van der Waals surface area contributed by atoms with Crippen molar-refractivity contribution in [3.63, 3.8) is 0 Å². The molecule has 4 nitrogen and oxygen atoms in total. The van der Waals surface area contributed by atoms with Crippen molar-refractivity contribution in [3.8, 4) is 0 Å². The third-order valence-electron chi connectivity index (χ3n) is 2.68. The Morgan fingerprint density at radius 3 is 2.47 bits per heavy atom. The van der Waals surface area contributed by atoms with Gasteiger partial charge in [0, 0.05) is 17.5 Å². The molecule has 19 heavy (non-hydrogen) atoms. The van der Waals surface area contributed by atoms with Crippen LogP contribution >= 0.6 is 0 Å². The van der Waals surface area contributed by atoms with Gasteiger partial charge in [-0.05, 0) is 12.1 Å². The van der Waals surface area contributed by atoms with Gasteiger partial charge in [0.1, 0.15) is 5.84 Å². The zero-order valence-corrected chi connectivity index (χ0v) is 10.1. The summed E-state index contributed by atoms with van der Waals surface area (Å²) in [5.74, 6) is -0.545. The number of nitrogens with two attached hydrogens (primary N) is 1. The number of hydrogen-bond donors (Lipinski definition) is 4. The third-order valence-corrected chi connectivity index (χ3v) is 2.68. The van der Waals surface area contributed by atoms with Crippen LogP contribution in [0, 0.1) is 16.6 Å². The summed E-state index contributed by atoms with van der Waals surface area (Å²) in [6.45, 7) is 0. The van der Waals surface area contributed by atoms with E-state index in [1.165, 1.54) is 12.1 Å². The Hall–Kier alpha value is -2.69. The Morgan fingerprint density at radius 1 is 1.16 bits per heavy atom. The number of anilines is 2. The van der Waals surface area contributed by atoms with Gasteiger partial charge in [-0.3, -0.25) is 5.41 Å². The summed E-state index contributed by atoms with van der Waals surface area (Å²) in [6, 6.07) is 11.9. The van der Waals surface area contributed by atoms with Crippen LogP contribution in [0.3, 0.4) is 0 Å². The van der Waals surface area contributed by atoms with E-state index in [1.807, 2.05) is 6.07 Å². The van der Waals surface area contributed by atoms with Crippen LogP contribution in [0.25, 0.3) is 0 Å². The maximum atomic E-state index is 14.0. The minimum absolute atomic E-state index is 0.0193. The predicted molar refractivity (Wildman–Crippen MR) is 75.6 cm³/mol. The van der Waals surface area contributed by atoms with Crippen LogP contribution in [0.1, 0.15) is 11.1 Å². The average molecular weight is 256 g/mol. The van der Waals surface area contributed by atoms with Crippen molar-refractivity contribution in [1.82, 2.24) is 0 Å². The van der Waals surface area contributed by atoms with Gasteiger partial charge in [0.25, 0.3) is 0 Å². The molecule has 0 bridgehead atoms. The van der Waals surface area contributed by atoms with E-state index in [4.69, 9.17) is 16.6 Å². The van der Waals surface area contributed by atoms with E-state index in [0.717, 1.165) is 6.21 Å². The van der Waals surface area contributed by atoms with Gasteiger partial charge in [0.15, 0.2) is 5.82 Å². The number of hydrogen-bond acceptors (Lipinski definition) is 3. The number of halogens is 1. The third kappa shape index (κ3) is 2.60. The Morgan fingerprint density at radius 2 is 1.84 bits per heavy atom. The molecular weight excluding hydrogens is 243 g/mol. The molecule has 0 aliphatic heterocycles. The van der Waals surface area contributed by atoms with Crippen LogP contribution in [0.2, 0.25) is 0 Å². The van der Waals surface area contributed by atoms with Crippen molar-refractivity contribution in [2.45, 2.75) is 0 Å². The molecule has 0 saturated heterocycles. The van der Waals surface area contributed by atoms with Gasteiger partial charge in [0.05, 0.1) is 11.3 Å². The maximum Gasteiger partial charge on any atom is 0.157 e. The molecule has 0 heterocycles. The lowest BCUT2D eigenvalue weighted by Gasteiger charge is -2.11. The van der Waals surface area contributed by atoms with E-state index >= 15 is 0 Å². The van der Waals surface area contributed by atoms with Crippen molar-refractivity contribution in [2.24, 2.45) is 0 Å². The molecule has 0 atom stereocenters. The molecule has 0 spiro atoms. The summed E-state index contributed by atoms with van der Waals surface area (Å²) in [6.07, 6.45) is 0.863. The van der Waals surface area contributed by atoms with Crippen molar-refractivity contribution in [1.29, 1.82) is 10.8 Å². The van der Waals surface area contributed by atoms with E-state index < -0.39 is 5.82 Å². The molecule has 0 aromatic heterocycles. The number of benzene rings is 2. The number of amidine groups is 1. The van der Waals surface area contributed by atoms with Crippen LogP contribution in [0.4, 0.5) is 15.8 Å². The minimum Gasteiger partial charge on any atom is -0.398 e. The molecule has 0 amide bonds. The SMILES string of the molecule is N=Cc1c(N)ccc(NC(=N)c2ccccc2)c1F. The molecule has 0 radical (unpaired) electrons. The van der Waals surface area contributed by atoms with E-state index in [2.05, 4.69) is 5.32 Å². The van der Waals surface area contributed by atoms with Gasteiger partial charge < -0.3 is 16.5 Å². The lowest BCUT2D eigenvalue weighted by Crippen LogP contribution is -2.14. The summed E-state index contributed by atoms with van der Waals surface area (Å²) in [7, 11) is 0. The highest BCUT2D eigenvalue weighted by molar-refractivity contribution is 6.06. The second kappa shape index (κ2) is 5.30. The van der Waals surface area contributed by atoms with Crippen molar-refractivity contribution in [2.75, 3.05) is 11.1 Å². The molecule has 0 aliphatic carbocycles. The smallest absolute Gasteiger partial charge is 0.157 e. The fourth-order valence-corrected chi connectivity index (χ4v) is 1.66. The van der Waals surface area contributed by atoms with E-state index in [1.54, 1.807) is 24.3 Å². The highest BCUT2D eigenvalue weighted by Crippen LogP contribution is 2.22. The van der Waals surface area contributed by atoms with Crippen LogP contribution in [0.15, 0.2) is 42.5 Å². The van der Waals surface area contributed by atoms with Gasteiger partial charge in [-0.15, -0.1) is 0 Å². The molecule has 5 heteroatoms. The van der Waals surface area contributed by atoms with Crippen LogP contribution < -0.4 is 11.1 Å². The molecule has 2 rings (SSSR count). The standard InChI is InChI=1S/C14H13FN4/c15-13-10(8-16)11(17)6-7-12(13)19-14(18)9-4-2-1-3-5-9/h1-8,16H,17H2,(H2,18,19). The number of rotatable bonds is 3. The average Bonchev–Trinajstić information content (AvgIpc) is 2.43. The normalized spacial score (nSPS) is 9.95. The van der Waals surface area contributed by atoms with Gasteiger partial charge in [0.2, 0.25) is 0 Å². The lowest BCUT2D eigenvalue weighted by molar-refractivity contribution is 0.631. The molecule has 0 aliphatic rings. The first-order chi connectivity index (χ1) is 9.13. The zero-order chi connectivity index (χ0) is 13.8. The summed E-state index contributed by atoms with van der Waals surface area (Å²) in [5, 5.41) is 17.7. The Bertz CT molecular complexity index is 623. The molecular formula is C14H13FN4. The van der Waals surface area contributed by atoms with Crippen LogP contribution in [-0.4, -0.2) is 12.1 Å². The number of nitrogens with one attached hydrogen (secondary N) is 3. The molecule has 96 valence electrons.